The summed E-state index contributed by atoms with van der Waals surface area (Å²) in [4.78, 5) is 2.33. The molecule has 1 nitrogen and oxygen atoms in total. The molecule has 1 heteroatoms. The first-order valence-corrected chi connectivity index (χ1v) is 6.06. The summed E-state index contributed by atoms with van der Waals surface area (Å²) in [6.45, 7) is 10.6. The first kappa shape index (κ1) is 14.0. The van der Waals surface area contributed by atoms with Gasteiger partial charge in [-0.1, -0.05) is 34.1 Å². The minimum Gasteiger partial charge on any atom is -0.309 e. The van der Waals surface area contributed by atoms with Gasteiger partial charge in [0.05, 0.1) is 0 Å². The molecule has 0 spiro atoms. The van der Waals surface area contributed by atoms with E-state index in [1.807, 2.05) is 0 Å². The standard InChI is InChI=1S/C13H29N/c1-11(2)7-8-13(9-12(3)4)10-14(5)6/h11-13H,7-10H2,1-6H3. The van der Waals surface area contributed by atoms with Gasteiger partial charge in [-0.15, -0.1) is 0 Å². The van der Waals surface area contributed by atoms with Crippen molar-refractivity contribution in [2.45, 2.75) is 47.0 Å². The Morgan fingerprint density at radius 1 is 0.857 bits per heavy atom. The van der Waals surface area contributed by atoms with Gasteiger partial charge in [-0.05, 0) is 44.7 Å². The van der Waals surface area contributed by atoms with Crippen molar-refractivity contribution in [3.63, 3.8) is 0 Å². The highest BCUT2D eigenvalue weighted by atomic mass is 15.1. The van der Waals surface area contributed by atoms with Crippen molar-refractivity contribution in [3.05, 3.63) is 0 Å². The van der Waals surface area contributed by atoms with Crippen LogP contribution in [0.2, 0.25) is 0 Å². The van der Waals surface area contributed by atoms with Crippen LogP contribution in [0, 0.1) is 17.8 Å². The first-order valence-electron chi connectivity index (χ1n) is 6.06. The van der Waals surface area contributed by atoms with E-state index in [0.29, 0.717) is 0 Å². The van der Waals surface area contributed by atoms with Crippen molar-refractivity contribution >= 4 is 0 Å². The second kappa shape index (κ2) is 7.28. The van der Waals surface area contributed by atoms with E-state index in [2.05, 4.69) is 46.7 Å². The molecule has 1 atom stereocenters. The molecule has 0 radical (unpaired) electrons. The lowest BCUT2D eigenvalue weighted by Crippen LogP contribution is -2.23. The highest BCUT2D eigenvalue weighted by molar-refractivity contribution is 4.65. The molecular weight excluding hydrogens is 170 g/mol. The average molecular weight is 199 g/mol. The Bertz CT molecular complexity index is 117. The topological polar surface area (TPSA) is 3.24 Å². The Labute approximate surface area is 90.9 Å². The summed E-state index contributed by atoms with van der Waals surface area (Å²) >= 11 is 0. The summed E-state index contributed by atoms with van der Waals surface area (Å²) < 4.78 is 0. The summed E-state index contributed by atoms with van der Waals surface area (Å²) in [6.07, 6.45) is 4.16. The zero-order chi connectivity index (χ0) is 11.1. The zero-order valence-electron chi connectivity index (χ0n) is 11.0. The van der Waals surface area contributed by atoms with E-state index < -0.39 is 0 Å². The zero-order valence-corrected chi connectivity index (χ0v) is 11.0. The molecule has 1 unspecified atom stereocenters. The van der Waals surface area contributed by atoms with Crippen LogP contribution < -0.4 is 0 Å². The number of rotatable bonds is 7. The average Bonchev–Trinajstić information content (AvgIpc) is 1.97. The van der Waals surface area contributed by atoms with Gasteiger partial charge in [0.2, 0.25) is 0 Å². The first-order chi connectivity index (χ1) is 6.41. The van der Waals surface area contributed by atoms with Crippen molar-refractivity contribution in [2.75, 3.05) is 20.6 Å². The lowest BCUT2D eigenvalue weighted by molar-refractivity contribution is 0.265. The van der Waals surface area contributed by atoms with E-state index >= 15 is 0 Å². The summed E-state index contributed by atoms with van der Waals surface area (Å²) in [5.41, 5.74) is 0. The lowest BCUT2D eigenvalue weighted by Gasteiger charge is -2.23. The molecule has 0 saturated heterocycles. The maximum Gasteiger partial charge on any atom is 0.000366 e. The predicted octanol–water partition coefficient (Wildman–Crippen LogP) is 3.65. The normalized spacial score (nSPS) is 14.4. The largest absolute Gasteiger partial charge is 0.309 e. The van der Waals surface area contributed by atoms with E-state index in [9.17, 15) is 0 Å². The van der Waals surface area contributed by atoms with Crippen LogP contribution in [0.25, 0.3) is 0 Å². The van der Waals surface area contributed by atoms with Gasteiger partial charge in [0.15, 0.2) is 0 Å². The van der Waals surface area contributed by atoms with Crippen LogP contribution in [0.5, 0.6) is 0 Å². The number of hydrogen-bond acceptors (Lipinski definition) is 1. The molecular formula is C13H29N. The summed E-state index contributed by atoms with van der Waals surface area (Å²) in [5, 5.41) is 0. The van der Waals surface area contributed by atoms with E-state index in [1.165, 1.54) is 25.8 Å². The molecule has 86 valence electrons. The molecule has 0 rings (SSSR count). The van der Waals surface area contributed by atoms with Crippen LogP contribution in [-0.2, 0) is 0 Å². The van der Waals surface area contributed by atoms with Crippen molar-refractivity contribution in [3.8, 4) is 0 Å². The Morgan fingerprint density at radius 3 is 1.79 bits per heavy atom. The maximum absolute atomic E-state index is 2.33. The molecule has 0 aromatic carbocycles. The van der Waals surface area contributed by atoms with Crippen LogP contribution in [0.1, 0.15) is 47.0 Å². The Balaban J connectivity index is 3.84. The fourth-order valence-electron chi connectivity index (χ4n) is 2.04. The SMILES string of the molecule is CC(C)CCC(CC(C)C)CN(C)C. The van der Waals surface area contributed by atoms with Gasteiger partial charge in [0.1, 0.15) is 0 Å². The quantitative estimate of drug-likeness (QED) is 0.605. The molecule has 0 saturated carbocycles. The van der Waals surface area contributed by atoms with E-state index in [1.54, 1.807) is 0 Å². The molecule has 0 amide bonds. The third-order valence-electron chi connectivity index (χ3n) is 2.58. The molecule has 0 aliphatic rings. The Kier molecular flexibility index (Phi) is 7.26. The van der Waals surface area contributed by atoms with Gasteiger partial charge in [0.25, 0.3) is 0 Å². The molecule has 0 aromatic heterocycles. The maximum atomic E-state index is 2.33. The fraction of sp³-hybridized carbons (Fsp3) is 1.00. The third kappa shape index (κ3) is 8.55. The van der Waals surface area contributed by atoms with Crippen LogP contribution in [-0.4, -0.2) is 25.5 Å². The van der Waals surface area contributed by atoms with E-state index in [0.717, 1.165) is 17.8 Å². The van der Waals surface area contributed by atoms with Crippen LogP contribution >= 0.6 is 0 Å². The minimum atomic E-state index is 0.840. The van der Waals surface area contributed by atoms with Crippen molar-refractivity contribution in [1.82, 2.24) is 4.90 Å². The second-order valence-electron chi connectivity index (χ2n) is 5.73. The lowest BCUT2D eigenvalue weighted by atomic mass is 9.90. The van der Waals surface area contributed by atoms with Gasteiger partial charge in [-0.2, -0.15) is 0 Å². The summed E-state index contributed by atoms with van der Waals surface area (Å²) in [6, 6.07) is 0. The van der Waals surface area contributed by atoms with Gasteiger partial charge in [-0.25, -0.2) is 0 Å². The summed E-state index contributed by atoms with van der Waals surface area (Å²) in [5.74, 6) is 2.59. The number of nitrogens with zero attached hydrogens (tertiary/aromatic N) is 1. The third-order valence-corrected chi connectivity index (χ3v) is 2.58. The number of hydrogen-bond donors (Lipinski definition) is 0. The molecule has 0 aliphatic heterocycles. The summed E-state index contributed by atoms with van der Waals surface area (Å²) in [7, 11) is 4.37. The van der Waals surface area contributed by atoms with Gasteiger partial charge in [-0.3, -0.25) is 0 Å². The van der Waals surface area contributed by atoms with Gasteiger partial charge in [0, 0.05) is 6.54 Å². The Morgan fingerprint density at radius 2 is 1.43 bits per heavy atom. The second-order valence-corrected chi connectivity index (χ2v) is 5.73. The van der Waals surface area contributed by atoms with Crippen LogP contribution in [0.3, 0.4) is 0 Å². The van der Waals surface area contributed by atoms with E-state index in [4.69, 9.17) is 0 Å². The predicted molar refractivity (Wildman–Crippen MR) is 65.6 cm³/mol. The molecule has 0 heterocycles. The highest BCUT2D eigenvalue weighted by Gasteiger charge is 2.12. The molecule has 0 aliphatic carbocycles. The van der Waals surface area contributed by atoms with E-state index in [-0.39, 0.29) is 0 Å². The minimum absolute atomic E-state index is 0.840. The van der Waals surface area contributed by atoms with Gasteiger partial charge >= 0.3 is 0 Å². The van der Waals surface area contributed by atoms with Crippen LogP contribution in [0.4, 0.5) is 0 Å². The molecule has 0 bridgehead atoms. The van der Waals surface area contributed by atoms with Crippen molar-refractivity contribution < 1.29 is 0 Å². The highest BCUT2D eigenvalue weighted by Crippen LogP contribution is 2.20. The fourth-order valence-corrected chi connectivity index (χ4v) is 2.04. The molecule has 0 N–H and O–H groups in total. The smallest absolute Gasteiger partial charge is 0.000366 e. The molecule has 14 heavy (non-hydrogen) atoms. The monoisotopic (exact) mass is 199 g/mol. The van der Waals surface area contributed by atoms with Crippen molar-refractivity contribution in [2.24, 2.45) is 17.8 Å². The van der Waals surface area contributed by atoms with Gasteiger partial charge < -0.3 is 4.90 Å². The van der Waals surface area contributed by atoms with Crippen molar-refractivity contribution in [1.29, 1.82) is 0 Å². The van der Waals surface area contributed by atoms with Crippen LogP contribution in [0.15, 0.2) is 0 Å². The molecule has 0 aromatic rings. The molecule has 0 fully saturated rings. The Hall–Kier alpha value is -0.0400.